The maximum Gasteiger partial charge on any atom is 0.333 e. The maximum atomic E-state index is 14.2. The van der Waals surface area contributed by atoms with Crippen molar-refractivity contribution in [2.75, 3.05) is 7.11 Å². The topological polar surface area (TPSA) is 71.1 Å². The third-order valence-corrected chi connectivity index (χ3v) is 5.48. The van der Waals surface area contributed by atoms with Crippen LogP contribution in [0.4, 0.5) is 4.39 Å². The van der Waals surface area contributed by atoms with E-state index in [1.165, 1.54) is 23.8 Å². The van der Waals surface area contributed by atoms with E-state index in [2.05, 4.69) is 11.9 Å². The molecule has 8 heteroatoms. The number of imidazole rings is 1. The molecule has 0 radical (unpaired) electrons. The first-order valence-corrected chi connectivity index (χ1v) is 10.6. The number of unbranched alkanes of at least 4 members (excludes halogenated alkanes) is 1. The van der Waals surface area contributed by atoms with E-state index in [0.29, 0.717) is 23.3 Å². The van der Waals surface area contributed by atoms with Crippen molar-refractivity contribution in [1.82, 2.24) is 18.7 Å². The number of hydrogen-bond acceptors (Lipinski definition) is 4. The maximum absolute atomic E-state index is 14.2. The van der Waals surface area contributed by atoms with Crippen molar-refractivity contribution in [2.24, 2.45) is 0 Å². The molecule has 0 atom stereocenters. The normalized spacial score (nSPS) is 11.2. The van der Waals surface area contributed by atoms with Crippen molar-refractivity contribution in [1.29, 1.82) is 0 Å². The van der Waals surface area contributed by atoms with Crippen LogP contribution in [-0.2, 0) is 19.6 Å². The average Bonchev–Trinajstić information content (AvgIpc) is 3.23. The number of halogens is 1. The Hall–Kier alpha value is -3.68. The van der Waals surface area contributed by atoms with Crippen molar-refractivity contribution in [2.45, 2.75) is 39.4 Å². The summed E-state index contributed by atoms with van der Waals surface area (Å²) < 4.78 is 23.6. The summed E-state index contributed by atoms with van der Waals surface area (Å²) in [6, 6.07) is 13.9. The summed E-state index contributed by atoms with van der Waals surface area (Å²) in [5.41, 5.74) is 1.23. The molecule has 0 saturated carbocycles. The van der Waals surface area contributed by atoms with E-state index in [1.807, 2.05) is 30.3 Å². The zero-order valence-electron chi connectivity index (χ0n) is 18.1. The molecule has 0 aliphatic rings. The third-order valence-electron chi connectivity index (χ3n) is 5.48. The van der Waals surface area contributed by atoms with Crippen LogP contribution < -0.4 is 16.0 Å². The number of aryl methyl sites for hydroxylation is 1. The molecule has 4 aromatic rings. The molecule has 0 N–H and O–H groups in total. The van der Waals surface area contributed by atoms with Crippen LogP contribution in [0.25, 0.3) is 11.2 Å². The molecule has 2 heterocycles. The Balaban J connectivity index is 1.88. The van der Waals surface area contributed by atoms with Gasteiger partial charge in [0.2, 0.25) is 0 Å². The van der Waals surface area contributed by atoms with E-state index >= 15 is 0 Å². The highest BCUT2D eigenvalue weighted by Gasteiger charge is 2.19. The van der Waals surface area contributed by atoms with Crippen LogP contribution in [0.15, 0.2) is 64.4 Å². The minimum absolute atomic E-state index is 0.0533. The molecule has 0 amide bonds. The second-order valence-corrected chi connectivity index (χ2v) is 7.68. The Kier molecular flexibility index (Phi) is 6.20. The molecule has 2 aromatic carbocycles. The number of ether oxygens (including phenoxy) is 1. The van der Waals surface area contributed by atoms with Gasteiger partial charge in [0.05, 0.1) is 26.5 Å². The minimum Gasteiger partial charge on any atom is -0.494 e. The van der Waals surface area contributed by atoms with Gasteiger partial charge >= 0.3 is 5.69 Å². The first-order valence-electron chi connectivity index (χ1n) is 10.6. The van der Waals surface area contributed by atoms with Crippen LogP contribution in [0, 0.1) is 5.82 Å². The fourth-order valence-corrected chi connectivity index (χ4v) is 3.78. The number of methoxy groups -OCH3 is 1. The quantitative estimate of drug-likeness (QED) is 0.424. The molecule has 0 fully saturated rings. The van der Waals surface area contributed by atoms with Gasteiger partial charge in [0.15, 0.2) is 22.7 Å². The zero-order chi connectivity index (χ0) is 22.7. The van der Waals surface area contributed by atoms with Gasteiger partial charge in [-0.3, -0.25) is 13.9 Å². The lowest BCUT2D eigenvalue weighted by molar-refractivity contribution is 0.386. The van der Waals surface area contributed by atoms with Crippen molar-refractivity contribution in [3.63, 3.8) is 0 Å². The summed E-state index contributed by atoms with van der Waals surface area (Å²) in [5, 5.41) is 0. The molecule has 4 rings (SSSR count). The Labute approximate surface area is 184 Å². The molecule has 2 aromatic heterocycles. The summed E-state index contributed by atoms with van der Waals surface area (Å²) in [7, 11) is 1.39. The molecule has 0 bridgehead atoms. The zero-order valence-corrected chi connectivity index (χ0v) is 18.1. The Morgan fingerprint density at radius 1 is 1.00 bits per heavy atom. The Morgan fingerprint density at radius 2 is 1.75 bits per heavy atom. The standard InChI is InChI=1S/C24H25FN4O3/c1-3-4-12-27-16-26-22-21(27)23(30)29(15-18-10-11-20(32-2)19(25)13-18)24(31)28(22)14-17-8-6-5-7-9-17/h5-11,13,16H,3-4,12,14-15H2,1-2H3. The Morgan fingerprint density at radius 3 is 2.44 bits per heavy atom. The van der Waals surface area contributed by atoms with E-state index in [4.69, 9.17) is 4.74 Å². The number of hydrogen-bond donors (Lipinski definition) is 0. The highest BCUT2D eigenvalue weighted by molar-refractivity contribution is 5.70. The lowest BCUT2D eigenvalue weighted by atomic mass is 10.2. The molecule has 7 nitrogen and oxygen atoms in total. The largest absolute Gasteiger partial charge is 0.494 e. The minimum atomic E-state index is -0.545. The molecule has 166 valence electrons. The fraction of sp³-hybridized carbons (Fsp3) is 0.292. The summed E-state index contributed by atoms with van der Waals surface area (Å²) in [6.45, 7) is 2.92. The SMILES string of the molecule is CCCCn1cnc2c1c(=O)n(Cc1ccc(OC)c(F)c1)c(=O)n2Cc1ccccc1. The third kappa shape index (κ3) is 4.08. The van der Waals surface area contributed by atoms with E-state index < -0.39 is 17.1 Å². The Bertz CT molecular complexity index is 1360. The molecule has 0 aliphatic carbocycles. The number of nitrogens with zero attached hydrogens (tertiary/aromatic N) is 4. The lowest BCUT2D eigenvalue weighted by Gasteiger charge is -2.13. The molecular formula is C24H25FN4O3. The predicted molar refractivity (Wildman–Crippen MR) is 121 cm³/mol. The van der Waals surface area contributed by atoms with Gasteiger partial charge in [-0.05, 0) is 29.7 Å². The smallest absolute Gasteiger partial charge is 0.333 e. The van der Waals surface area contributed by atoms with Gasteiger partial charge in [0.1, 0.15) is 0 Å². The molecular weight excluding hydrogens is 411 g/mol. The highest BCUT2D eigenvalue weighted by Crippen LogP contribution is 2.18. The molecule has 0 saturated heterocycles. The number of fused-ring (bicyclic) bond motifs is 1. The van der Waals surface area contributed by atoms with Gasteiger partial charge in [0, 0.05) is 6.54 Å². The van der Waals surface area contributed by atoms with Crippen LogP contribution in [0.3, 0.4) is 0 Å². The average molecular weight is 436 g/mol. The first-order chi connectivity index (χ1) is 15.5. The van der Waals surface area contributed by atoms with Crippen LogP contribution in [0.5, 0.6) is 5.75 Å². The summed E-state index contributed by atoms with van der Waals surface area (Å²) in [5.74, 6) is -0.438. The van der Waals surface area contributed by atoms with Gasteiger partial charge in [-0.15, -0.1) is 0 Å². The van der Waals surface area contributed by atoms with E-state index in [-0.39, 0.29) is 18.8 Å². The predicted octanol–water partition coefficient (Wildman–Crippen LogP) is 3.40. The molecule has 32 heavy (non-hydrogen) atoms. The van der Waals surface area contributed by atoms with Crippen molar-refractivity contribution in [3.8, 4) is 5.75 Å². The van der Waals surface area contributed by atoms with Gasteiger partial charge in [-0.2, -0.15) is 0 Å². The van der Waals surface area contributed by atoms with E-state index in [9.17, 15) is 14.0 Å². The van der Waals surface area contributed by atoms with E-state index in [1.54, 1.807) is 17.0 Å². The van der Waals surface area contributed by atoms with Gasteiger partial charge in [-0.1, -0.05) is 49.7 Å². The number of aromatic nitrogens is 4. The summed E-state index contributed by atoms with van der Waals surface area (Å²) in [6.07, 6.45) is 3.45. The second-order valence-electron chi connectivity index (χ2n) is 7.68. The van der Waals surface area contributed by atoms with Crippen LogP contribution in [-0.4, -0.2) is 25.8 Å². The monoisotopic (exact) mass is 436 g/mol. The second kappa shape index (κ2) is 9.21. The fourth-order valence-electron chi connectivity index (χ4n) is 3.78. The van der Waals surface area contributed by atoms with Gasteiger partial charge in [-0.25, -0.2) is 14.2 Å². The number of rotatable bonds is 8. The highest BCUT2D eigenvalue weighted by atomic mass is 19.1. The summed E-state index contributed by atoms with van der Waals surface area (Å²) >= 11 is 0. The first kappa shape index (κ1) is 21.5. The van der Waals surface area contributed by atoms with Crippen LogP contribution in [0.2, 0.25) is 0 Å². The lowest BCUT2D eigenvalue weighted by Crippen LogP contribution is -2.41. The van der Waals surface area contributed by atoms with Gasteiger partial charge in [0.25, 0.3) is 5.56 Å². The molecule has 0 spiro atoms. The van der Waals surface area contributed by atoms with Crippen molar-refractivity contribution in [3.05, 3.63) is 92.6 Å². The molecule has 0 aliphatic heterocycles. The number of benzene rings is 2. The van der Waals surface area contributed by atoms with Gasteiger partial charge < -0.3 is 9.30 Å². The van der Waals surface area contributed by atoms with Crippen molar-refractivity contribution >= 4 is 11.2 Å². The molecule has 0 unspecified atom stereocenters. The van der Waals surface area contributed by atoms with Crippen LogP contribution >= 0.6 is 0 Å². The van der Waals surface area contributed by atoms with E-state index in [0.717, 1.165) is 23.0 Å². The summed E-state index contributed by atoms with van der Waals surface area (Å²) in [4.78, 5) is 31.2. The van der Waals surface area contributed by atoms with Crippen molar-refractivity contribution < 1.29 is 9.13 Å². The van der Waals surface area contributed by atoms with Crippen LogP contribution in [0.1, 0.15) is 30.9 Å².